The van der Waals surface area contributed by atoms with E-state index >= 15 is 0 Å². The van der Waals surface area contributed by atoms with Crippen molar-refractivity contribution in [2.45, 2.75) is 38.4 Å². The number of rotatable bonds is 4. The number of nitrogens with zero attached hydrogens (tertiary/aromatic N) is 5. The van der Waals surface area contributed by atoms with Crippen molar-refractivity contribution in [3.05, 3.63) is 66.0 Å². The van der Waals surface area contributed by atoms with E-state index in [2.05, 4.69) is 25.2 Å². The first-order valence-electron chi connectivity index (χ1n) is 8.45. The van der Waals surface area contributed by atoms with Crippen LogP contribution in [0.2, 0.25) is 0 Å². The Morgan fingerprint density at radius 1 is 1.24 bits per heavy atom. The van der Waals surface area contributed by atoms with E-state index in [0.717, 1.165) is 30.1 Å². The van der Waals surface area contributed by atoms with Gasteiger partial charge in [-0.2, -0.15) is 5.10 Å². The van der Waals surface area contributed by atoms with E-state index < -0.39 is 6.04 Å². The van der Waals surface area contributed by atoms with Gasteiger partial charge in [-0.25, -0.2) is 0 Å². The van der Waals surface area contributed by atoms with Gasteiger partial charge in [0.05, 0.1) is 0 Å². The zero-order valence-electron chi connectivity index (χ0n) is 14.0. The summed E-state index contributed by atoms with van der Waals surface area (Å²) in [6.07, 6.45) is 5.20. The molecule has 2 aromatic heterocycles. The van der Waals surface area contributed by atoms with Gasteiger partial charge < -0.3 is 9.88 Å². The Hall–Kier alpha value is -2.96. The Kier molecular flexibility index (Phi) is 4.05. The summed E-state index contributed by atoms with van der Waals surface area (Å²) in [4.78, 5) is 13.0. The van der Waals surface area contributed by atoms with Crippen molar-refractivity contribution in [1.82, 2.24) is 29.9 Å². The zero-order chi connectivity index (χ0) is 17.2. The number of benzene rings is 1. The van der Waals surface area contributed by atoms with Gasteiger partial charge in [0, 0.05) is 31.4 Å². The number of hydrogen-bond acceptors (Lipinski definition) is 4. The molecule has 7 nitrogen and oxygen atoms in total. The SMILES string of the molecule is Cc1nnc2n1C[C@@H](NC(=O)[C@H](c1ccccc1)n1cccn1)CC2. The van der Waals surface area contributed by atoms with Gasteiger partial charge in [0.25, 0.3) is 0 Å². The minimum atomic E-state index is -0.473. The second kappa shape index (κ2) is 6.51. The number of aromatic nitrogens is 5. The van der Waals surface area contributed by atoms with Gasteiger partial charge in [-0.3, -0.25) is 9.48 Å². The zero-order valence-corrected chi connectivity index (χ0v) is 14.0. The number of hydrogen-bond donors (Lipinski definition) is 1. The molecule has 1 N–H and O–H groups in total. The molecular weight excluding hydrogens is 316 g/mol. The summed E-state index contributed by atoms with van der Waals surface area (Å²) in [5.41, 5.74) is 0.917. The highest BCUT2D eigenvalue weighted by Crippen LogP contribution is 2.20. The Bertz CT molecular complexity index is 855. The fourth-order valence-corrected chi connectivity index (χ4v) is 3.35. The van der Waals surface area contributed by atoms with Crippen LogP contribution in [0.3, 0.4) is 0 Å². The minimum Gasteiger partial charge on any atom is -0.349 e. The Morgan fingerprint density at radius 3 is 2.84 bits per heavy atom. The quantitative estimate of drug-likeness (QED) is 0.783. The summed E-state index contributed by atoms with van der Waals surface area (Å²) in [7, 11) is 0. The van der Waals surface area contributed by atoms with Gasteiger partial charge in [-0.05, 0) is 25.0 Å². The van der Waals surface area contributed by atoms with Crippen LogP contribution in [0.15, 0.2) is 48.8 Å². The van der Waals surface area contributed by atoms with E-state index in [9.17, 15) is 4.79 Å². The van der Waals surface area contributed by atoms with Gasteiger partial charge in [-0.15, -0.1) is 10.2 Å². The van der Waals surface area contributed by atoms with Crippen LogP contribution in [0.4, 0.5) is 0 Å². The third-order valence-corrected chi connectivity index (χ3v) is 4.63. The van der Waals surface area contributed by atoms with Crippen molar-refractivity contribution >= 4 is 5.91 Å². The van der Waals surface area contributed by atoms with Crippen LogP contribution in [0.1, 0.15) is 29.7 Å². The predicted molar refractivity (Wildman–Crippen MR) is 91.8 cm³/mol. The molecule has 0 spiro atoms. The molecule has 25 heavy (non-hydrogen) atoms. The normalized spacial score (nSPS) is 17.7. The van der Waals surface area contributed by atoms with Gasteiger partial charge >= 0.3 is 0 Å². The molecule has 7 heteroatoms. The minimum absolute atomic E-state index is 0.0472. The van der Waals surface area contributed by atoms with Crippen molar-refractivity contribution in [2.75, 3.05) is 0 Å². The largest absolute Gasteiger partial charge is 0.349 e. The molecule has 128 valence electrons. The van der Waals surface area contributed by atoms with Crippen LogP contribution >= 0.6 is 0 Å². The number of amides is 1. The van der Waals surface area contributed by atoms with E-state index in [1.165, 1.54) is 0 Å². The number of aryl methyl sites for hydroxylation is 2. The lowest BCUT2D eigenvalue weighted by atomic mass is 10.0. The third kappa shape index (κ3) is 3.05. The van der Waals surface area contributed by atoms with Crippen molar-refractivity contribution < 1.29 is 4.79 Å². The second-order valence-corrected chi connectivity index (χ2v) is 6.32. The maximum atomic E-state index is 13.0. The van der Waals surface area contributed by atoms with E-state index in [1.54, 1.807) is 10.9 Å². The molecule has 0 bridgehead atoms. The molecule has 3 aromatic rings. The summed E-state index contributed by atoms with van der Waals surface area (Å²) in [6, 6.07) is 11.1. The number of carbonyl (C=O) groups excluding carboxylic acids is 1. The van der Waals surface area contributed by atoms with Gasteiger partial charge in [0.1, 0.15) is 11.6 Å². The third-order valence-electron chi connectivity index (χ3n) is 4.63. The lowest BCUT2D eigenvalue weighted by Gasteiger charge is -2.27. The molecule has 1 aromatic carbocycles. The monoisotopic (exact) mass is 336 g/mol. The molecule has 0 aliphatic carbocycles. The summed E-state index contributed by atoms with van der Waals surface area (Å²) >= 11 is 0. The molecule has 0 fully saturated rings. The Labute approximate surface area is 145 Å². The Morgan fingerprint density at radius 2 is 2.08 bits per heavy atom. The maximum absolute atomic E-state index is 13.0. The van der Waals surface area contributed by atoms with Gasteiger partial charge in [-0.1, -0.05) is 30.3 Å². The predicted octanol–water partition coefficient (Wildman–Crippen LogP) is 1.50. The molecule has 4 rings (SSSR count). The van der Waals surface area contributed by atoms with Gasteiger partial charge in [0.2, 0.25) is 5.91 Å². The fourth-order valence-electron chi connectivity index (χ4n) is 3.35. The fraction of sp³-hybridized carbons (Fsp3) is 0.333. The average molecular weight is 336 g/mol. The van der Waals surface area contributed by atoms with Gasteiger partial charge in [0.15, 0.2) is 6.04 Å². The summed E-state index contributed by atoms with van der Waals surface area (Å²) in [6.45, 7) is 2.65. The molecule has 1 aliphatic heterocycles. The Balaban J connectivity index is 1.55. The lowest BCUT2D eigenvalue weighted by Crippen LogP contribution is -2.44. The van der Waals surface area contributed by atoms with Crippen LogP contribution in [-0.4, -0.2) is 36.5 Å². The molecule has 1 aliphatic rings. The molecule has 0 saturated carbocycles. The van der Waals surface area contributed by atoms with Crippen LogP contribution in [0, 0.1) is 6.92 Å². The number of fused-ring (bicyclic) bond motifs is 1. The molecule has 2 atom stereocenters. The number of carbonyl (C=O) groups is 1. The second-order valence-electron chi connectivity index (χ2n) is 6.32. The highest BCUT2D eigenvalue weighted by atomic mass is 16.2. The van der Waals surface area contributed by atoms with E-state index in [-0.39, 0.29) is 11.9 Å². The summed E-state index contributed by atoms with van der Waals surface area (Å²) in [5, 5.41) is 15.8. The van der Waals surface area contributed by atoms with Crippen molar-refractivity contribution in [2.24, 2.45) is 0 Å². The molecular formula is C18H20N6O. The molecule has 3 heterocycles. The summed E-state index contributed by atoms with van der Waals surface area (Å²) in [5.74, 6) is 1.84. The molecule has 0 radical (unpaired) electrons. The van der Waals surface area contributed by atoms with E-state index in [1.807, 2.05) is 49.5 Å². The first-order valence-corrected chi connectivity index (χ1v) is 8.45. The van der Waals surface area contributed by atoms with E-state index in [4.69, 9.17) is 0 Å². The van der Waals surface area contributed by atoms with Crippen LogP contribution < -0.4 is 5.32 Å². The summed E-state index contributed by atoms with van der Waals surface area (Å²) < 4.78 is 3.78. The molecule has 0 saturated heterocycles. The molecule has 0 unspecified atom stereocenters. The smallest absolute Gasteiger partial charge is 0.249 e. The van der Waals surface area contributed by atoms with Crippen molar-refractivity contribution in [3.63, 3.8) is 0 Å². The van der Waals surface area contributed by atoms with Crippen molar-refractivity contribution in [1.29, 1.82) is 0 Å². The first kappa shape index (κ1) is 15.6. The highest BCUT2D eigenvalue weighted by molar-refractivity contribution is 5.83. The lowest BCUT2D eigenvalue weighted by molar-refractivity contribution is -0.124. The highest BCUT2D eigenvalue weighted by Gasteiger charge is 2.28. The van der Waals surface area contributed by atoms with E-state index in [0.29, 0.717) is 6.54 Å². The van der Waals surface area contributed by atoms with Crippen molar-refractivity contribution in [3.8, 4) is 0 Å². The van der Waals surface area contributed by atoms with Crippen LogP contribution in [-0.2, 0) is 17.8 Å². The first-order chi connectivity index (χ1) is 12.2. The molecule has 1 amide bonds. The van der Waals surface area contributed by atoms with Crippen LogP contribution in [0.5, 0.6) is 0 Å². The topological polar surface area (TPSA) is 77.6 Å². The van der Waals surface area contributed by atoms with Crippen LogP contribution in [0.25, 0.3) is 0 Å². The average Bonchev–Trinajstić information content (AvgIpc) is 3.27. The standard InChI is InChI=1S/C18H20N6O/c1-13-21-22-16-9-8-15(12-23(13)16)20-18(25)17(24-11-5-10-19-24)14-6-3-2-4-7-14/h2-7,10-11,15,17H,8-9,12H2,1H3,(H,20,25)/t15-,17-/m0/s1. The number of nitrogens with one attached hydrogen (secondary N) is 1. The maximum Gasteiger partial charge on any atom is 0.249 e.